The van der Waals surface area contributed by atoms with E-state index in [1.807, 2.05) is 29.4 Å². The van der Waals surface area contributed by atoms with Crippen LogP contribution in [0.25, 0.3) is 0 Å². The maximum absolute atomic E-state index is 13.6. The van der Waals surface area contributed by atoms with Crippen molar-refractivity contribution in [3.63, 3.8) is 0 Å². The second-order valence-electron chi connectivity index (χ2n) is 10.5. The van der Waals surface area contributed by atoms with Gasteiger partial charge in [0.05, 0.1) is 5.92 Å². The number of benzene rings is 2. The van der Waals surface area contributed by atoms with E-state index in [1.54, 1.807) is 17.0 Å². The smallest absolute Gasteiger partial charge is 0.232 e. The average molecular weight is 469 g/mol. The first-order valence-electron chi connectivity index (χ1n) is 12.2. The van der Waals surface area contributed by atoms with Gasteiger partial charge in [-0.1, -0.05) is 38.1 Å². The third kappa shape index (κ3) is 4.53. The number of hydrogen-bond acceptors (Lipinski definition) is 4. The van der Waals surface area contributed by atoms with Crippen LogP contribution in [0.2, 0.25) is 0 Å². The minimum absolute atomic E-state index is 0.0233. The Labute approximate surface area is 206 Å². The SMILES string of the molecule is Cc1cncc(CCc2ccc3c(c2)C(C)(C)CN3C(=O)C2CC(=O)N(c3cccc(N)c3)C2)c1. The minimum Gasteiger partial charge on any atom is -0.399 e. The van der Waals surface area contributed by atoms with Crippen molar-refractivity contribution in [1.29, 1.82) is 0 Å². The molecule has 0 radical (unpaired) electrons. The lowest BCUT2D eigenvalue weighted by molar-refractivity contribution is -0.124. The summed E-state index contributed by atoms with van der Waals surface area (Å²) in [7, 11) is 0. The molecule has 3 aromatic rings. The van der Waals surface area contributed by atoms with Crippen LogP contribution >= 0.6 is 0 Å². The van der Waals surface area contributed by atoms with Gasteiger partial charge in [-0.2, -0.15) is 0 Å². The molecule has 0 spiro atoms. The summed E-state index contributed by atoms with van der Waals surface area (Å²) >= 11 is 0. The molecule has 35 heavy (non-hydrogen) atoms. The number of carbonyl (C=O) groups is 2. The summed E-state index contributed by atoms with van der Waals surface area (Å²) in [5.41, 5.74) is 12.9. The van der Waals surface area contributed by atoms with Gasteiger partial charge in [-0.15, -0.1) is 0 Å². The van der Waals surface area contributed by atoms with E-state index in [4.69, 9.17) is 5.73 Å². The van der Waals surface area contributed by atoms with E-state index >= 15 is 0 Å². The fourth-order valence-corrected chi connectivity index (χ4v) is 5.36. The summed E-state index contributed by atoms with van der Waals surface area (Å²) in [5.74, 6) is -0.372. The Kier molecular flexibility index (Phi) is 5.83. The van der Waals surface area contributed by atoms with Crippen LogP contribution in [-0.2, 0) is 27.8 Å². The normalized spacial score (nSPS) is 18.7. The molecule has 0 bridgehead atoms. The molecule has 1 aromatic heterocycles. The van der Waals surface area contributed by atoms with Crippen LogP contribution in [0.15, 0.2) is 60.9 Å². The number of amides is 2. The van der Waals surface area contributed by atoms with Gasteiger partial charge in [0.15, 0.2) is 0 Å². The van der Waals surface area contributed by atoms with E-state index in [9.17, 15) is 9.59 Å². The Balaban J connectivity index is 1.33. The number of anilines is 3. The molecule has 1 fully saturated rings. The predicted molar refractivity (Wildman–Crippen MR) is 140 cm³/mol. The standard InChI is InChI=1S/C29H32N4O2/c1-19-11-21(16-31-15-19)8-7-20-9-10-26-25(12-20)29(2,3)18-33(26)28(35)22-13-27(34)32(17-22)24-6-4-5-23(30)14-24/h4-6,9-12,14-16,22H,7-8,13,17-18,30H2,1-3H3. The van der Waals surface area contributed by atoms with E-state index < -0.39 is 0 Å². The molecule has 3 heterocycles. The number of nitrogens with zero attached hydrogens (tertiary/aromatic N) is 3. The minimum atomic E-state index is -0.362. The van der Waals surface area contributed by atoms with Gasteiger partial charge in [0.25, 0.3) is 0 Å². The summed E-state index contributed by atoms with van der Waals surface area (Å²) < 4.78 is 0. The largest absolute Gasteiger partial charge is 0.399 e. The molecule has 2 amide bonds. The van der Waals surface area contributed by atoms with Crippen LogP contribution in [0.5, 0.6) is 0 Å². The highest BCUT2D eigenvalue weighted by molar-refractivity contribution is 6.05. The topological polar surface area (TPSA) is 79.5 Å². The molecule has 2 aromatic carbocycles. The summed E-state index contributed by atoms with van der Waals surface area (Å²) in [6, 6.07) is 15.9. The number of hydrogen-bond donors (Lipinski definition) is 1. The zero-order valence-electron chi connectivity index (χ0n) is 20.6. The van der Waals surface area contributed by atoms with E-state index in [1.165, 1.54) is 22.3 Å². The lowest BCUT2D eigenvalue weighted by Gasteiger charge is -2.23. The van der Waals surface area contributed by atoms with E-state index in [2.05, 4.69) is 50.0 Å². The highest BCUT2D eigenvalue weighted by atomic mass is 16.2. The molecule has 2 aliphatic heterocycles. The van der Waals surface area contributed by atoms with Crippen molar-refractivity contribution in [1.82, 2.24) is 4.98 Å². The maximum Gasteiger partial charge on any atom is 0.232 e. The van der Waals surface area contributed by atoms with Crippen molar-refractivity contribution >= 4 is 28.9 Å². The Morgan fingerprint density at radius 3 is 2.66 bits per heavy atom. The molecule has 5 rings (SSSR count). The fraction of sp³-hybridized carbons (Fsp3) is 0.345. The number of carbonyl (C=O) groups excluding carboxylic acids is 2. The first kappa shape index (κ1) is 23.1. The van der Waals surface area contributed by atoms with Crippen molar-refractivity contribution in [2.24, 2.45) is 5.92 Å². The van der Waals surface area contributed by atoms with Crippen LogP contribution in [0.4, 0.5) is 17.1 Å². The second-order valence-corrected chi connectivity index (χ2v) is 10.5. The third-order valence-corrected chi connectivity index (χ3v) is 7.19. The molecule has 1 atom stereocenters. The quantitative estimate of drug-likeness (QED) is 0.562. The first-order valence-corrected chi connectivity index (χ1v) is 12.2. The number of rotatable bonds is 5. The molecule has 6 heteroatoms. The Bertz CT molecular complexity index is 1300. The highest BCUT2D eigenvalue weighted by Crippen LogP contribution is 2.42. The third-order valence-electron chi connectivity index (χ3n) is 7.19. The summed E-state index contributed by atoms with van der Waals surface area (Å²) in [6.07, 6.45) is 5.89. The summed E-state index contributed by atoms with van der Waals surface area (Å²) in [6.45, 7) is 7.44. The van der Waals surface area contributed by atoms with Crippen LogP contribution in [-0.4, -0.2) is 29.9 Å². The van der Waals surface area contributed by atoms with E-state index in [0.717, 1.165) is 24.2 Å². The van der Waals surface area contributed by atoms with Crippen molar-refractivity contribution in [2.45, 2.75) is 45.4 Å². The first-order chi connectivity index (χ1) is 16.7. The van der Waals surface area contributed by atoms with Crippen molar-refractivity contribution in [2.75, 3.05) is 28.6 Å². The van der Waals surface area contributed by atoms with Gasteiger partial charge in [0.2, 0.25) is 11.8 Å². The van der Waals surface area contributed by atoms with Crippen LogP contribution in [0, 0.1) is 12.8 Å². The van der Waals surface area contributed by atoms with Gasteiger partial charge in [0, 0.05) is 54.4 Å². The highest BCUT2D eigenvalue weighted by Gasteiger charge is 2.43. The lowest BCUT2D eigenvalue weighted by atomic mass is 9.85. The van der Waals surface area contributed by atoms with Crippen LogP contribution in [0.3, 0.4) is 0 Å². The molecule has 1 unspecified atom stereocenters. The van der Waals surface area contributed by atoms with Gasteiger partial charge < -0.3 is 15.5 Å². The number of aromatic nitrogens is 1. The Morgan fingerprint density at radius 1 is 1.09 bits per heavy atom. The monoisotopic (exact) mass is 468 g/mol. The zero-order valence-corrected chi connectivity index (χ0v) is 20.6. The summed E-state index contributed by atoms with van der Waals surface area (Å²) in [4.78, 5) is 34.3. The Morgan fingerprint density at radius 2 is 1.89 bits per heavy atom. The van der Waals surface area contributed by atoms with Gasteiger partial charge in [-0.3, -0.25) is 14.6 Å². The van der Waals surface area contributed by atoms with Gasteiger partial charge in [-0.05, 0) is 66.3 Å². The second kappa shape index (κ2) is 8.84. The number of fused-ring (bicyclic) bond motifs is 1. The molecule has 1 saturated heterocycles. The number of pyridine rings is 1. The number of nitrogens with two attached hydrogens (primary N) is 1. The molecule has 6 nitrogen and oxygen atoms in total. The van der Waals surface area contributed by atoms with Gasteiger partial charge >= 0.3 is 0 Å². The number of aryl methyl sites for hydroxylation is 3. The molecule has 0 saturated carbocycles. The van der Waals surface area contributed by atoms with Crippen molar-refractivity contribution < 1.29 is 9.59 Å². The fourth-order valence-electron chi connectivity index (χ4n) is 5.36. The molecule has 2 N–H and O–H groups in total. The Hall–Kier alpha value is -3.67. The maximum atomic E-state index is 13.6. The van der Waals surface area contributed by atoms with Crippen LogP contribution < -0.4 is 15.5 Å². The predicted octanol–water partition coefficient (Wildman–Crippen LogP) is 4.43. The molecular weight excluding hydrogens is 436 g/mol. The molecule has 180 valence electrons. The zero-order chi connectivity index (χ0) is 24.7. The van der Waals surface area contributed by atoms with E-state index in [0.29, 0.717) is 18.8 Å². The molecule has 0 aliphatic carbocycles. The lowest BCUT2D eigenvalue weighted by Crippen LogP contribution is -2.39. The van der Waals surface area contributed by atoms with Crippen molar-refractivity contribution in [3.05, 3.63) is 83.2 Å². The van der Waals surface area contributed by atoms with Gasteiger partial charge in [0.1, 0.15) is 0 Å². The van der Waals surface area contributed by atoms with Crippen molar-refractivity contribution in [3.8, 4) is 0 Å². The average Bonchev–Trinajstić information content (AvgIpc) is 3.34. The van der Waals surface area contributed by atoms with Gasteiger partial charge in [-0.25, -0.2) is 0 Å². The molecule has 2 aliphatic rings. The van der Waals surface area contributed by atoms with E-state index in [-0.39, 0.29) is 29.6 Å². The van der Waals surface area contributed by atoms with Crippen LogP contribution in [0.1, 0.15) is 42.5 Å². The molecular formula is C29H32N4O2. The summed E-state index contributed by atoms with van der Waals surface area (Å²) in [5, 5.41) is 0. The number of nitrogen functional groups attached to an aromatic ring is 1.